The minimum Gasteiger partial charge on any atom is -0.324 e. The van der Waals surface area contributed by atoms with Crippen LogP contribution in [-0.4, -0.2) is 23.5 Å². The second-order valence-corrected chi connectivity index (χ2v) is 4.60. The number of nitrogen functional groups attached to an aromatic ring is 1. The van der Waals surface area contributed by atoms with Gasteiger partial charge in [0.25, 0.3) is 0 Å². The molecule has 16 heavy (non-hydrogen) atoms. The summed E-state index contributed by atoms with van der Waals surface area (Å²) in [5.74, 6) is 6.10. The Bertz CT molecular complexity index is 312. The van der Waals surface area contributed by atoms with E-state index in [9.17, 15) is 0 Å². The molecule has 0 radical (unpaired) electrons. The maximum Gasteiger partial charge on any atom is 0.0564 e. The highest BCUT2D eigenvalue weighted by molar-refractivity contribution is 5.41. The van der Waals surface area contributed by atoms with Crippen molar-refractivity contribution in [2.24, 2.45) is 11.8 Å². The molecular weight excluding hydrogens is 200 g/mol. The number of nitrogens with two attached hydrogens (primary N) is 1. The Morgan fingerprint density at radius 2 is 2.25 bits per heavy atom. The van der Waals surface area contributed by atoms with Gasteiger partial charge in [0.15, 0.2) is 0 Å². The monoisotopic (exact) mass is 222 g/mol. The minimum atomic E-state index is 0.743. The van der Waals surface area contributed by atoms with E-state index in [0.29, 0.717) is 0 Å². The molecule has 0 bridgehead atoms. The van der Waals surface area contributed by atoms with Gasteiger partial charge in [0.05, 0.1) is 11.4 Å². The van der Waals surface area contributed by atoms with Crippen LogP contribution in [0.2, 0.25) is 0 Å². The van der Waals surface area contributed by atoms with E-state index >= 15 is 0 Å². The zero-order chi connectivity index (χ0) is 12.0. The summed E-state index contributed by atoms with van der Waals surface area (Å²) < 4.78 is 0. The Labute approximate surface area is 97.8 Å². The van der Waals surface area contributed by atoms with Crippen molar-refractivity contribution in [1.82, 2.24) is 9.88 Å². The zero-order valence-electron chi connectivity index (χ0n) is 10.4. The number of rotatable bonds is 6. The van der Waals surface area contributed by atoms with Crippen molar-refractivity contribution in [3.05, 3.63) is 24.0 Å². The van der Waals surface area contributed by atoms with Gasteiger partial charge in [0.1, 0.15) is 0 Å². The highest BCUT2D eigenvalue weighted by Crippen LogP contribution is 2.09. The van der Waals surface area contributed by atoms with Crippen molar-refractivity contribution >= 4 is 5.69 Å². The van der Waals surface area contributed by atoms with Crippen molar-refractivity contribution in [2.45, 2.75) is 26.8 Å². The summed E-state index contributed by atoms with van der Waals surface area (Å²) in [7, 11) is 2.12. The van der Waals surface area contributed by atoms with Crippen molar-refractivity contribution in [1.29, 1.82) is 0 Å². The second-order valence-electron chi connectivity index (χ2n) is 4.60. The number of anilines is 1. The van der Waals surface area contributed by atoms with Crippen molar-refractivity contribution in [3.63, 3.8) is 0 Å². The summed E-state index contributed by atoms with van der Waals surface area (Å²) in [6, 6.07) is 3.84. The molecule has 0 saturated heterocycles. The topological polar surface area (TPSA) is 54.2 Å². The zero-order valence-corrected chi connectivity index (χ0v) is 10.4. The SMILES string of the molecule is CC(C)CCN(C)Cc1cc(NN)ccn1. The van der Waals surface area contributed by atoms with Crippen LogP contribution in [0.3, 0.4) is 0 Å². The molecular formula is C12H22N4. The Hall–Kier alpha value is -1.13. The summed E-state index contributed by atoms with van der Waals surface area (Å²) >= 11 is 0. The quantitative estimate of drug-likeness (QED) is 0.569. The normalized spacial score (nSPS) is 11.1. The number of nitrogens with zero attached hydrogens (tertiary/aromatic N) is 2. The molecule has 0 saturated carbocycles. The molecule has 0 unspecified atom stereocenters. The first kappa shape index (κ1) is 12.9. The predicted molar refractivity (Wildman–Crippen MR) is 67.8 cm³/mol. The number of nitrogens with one attached hydrogen (secondary N) is 1. The van der Waals surface area contributed by atoms with Crippen LogP contribution in [0, 0.1) is 5.92 Å². The molecule has 0 aliphatic carbocycles. The molecule has 0 aromatic carbocycles. The van der Waals surface area contributed by atoms with Crippen LogP contribution in [-0.2, 0) is 6.54 Å². The number of hydrazine groups is 1. The third-order valence-electron chi connectivity index (χ3n) is 2.50. The number of hydrogen-bond acceptors (Lipinski definition) is 4. The maximum atomic E-state index is 5.36. The Morgan fingerprint density at radius 3 is 2.88 bits per heavy atom. The first-order chi connectivity index (χ1) is 7.61. The first-order valence-corrected chi connectivity index (χ1v) is 5.72. The predicted octanol–water partition coefficient (Wildman–Crippen LogP) is 1.85. The molecule has 1 aromatic heterocycles. The number of aromatic nitrogens is 1. The van der Waals surface area contributed by atoms with Crippen LogP contribution in [0.25, 0.3) is 0 Å². The molecule has 0 atom stereocenters. The largest absolute Gasteiger partial charge is 0.324 e. The van der Waals surface area contributed by atoms with Crippen molar-refractivity contribution in [3.8, 4) is 0 Å². The lowest BCUT2D eigenvalue weighted by Crippen LogP contribution is -2.21. The molecule has 3 N–H and O–H groups in total. The van der Waals surface area contributed by atoms with Gasteiger partial charge in [-0.25, -0.2) is 0 Å². The standard InChI is InChI=1S/C12H22N4/c1-10(2)5-7-16(3)9-12-8-11(15-13)4-6-14-12/h4,6,8,10H,5,7,9,13H2,1-3H3,(H,14,15). The van der Waals surface area contributed by atoms with Gasteiger partial charge in [-0.15, -0.1) is 0 Å². The smallest absolute Gasteiger partial charge is 0.0564 e. The van der Waals surface area contributed by atoms with E-state index in [2.05, 4.69) is 36.2 Å². The van der Waals surface area contributed by atoms with Crippen LogP contribution in [0.1, 0.15) is 26.0 Å². The van der Waals surface area contributed by atoms with Crippen LogP contribution < -0.4 is 11.3 Å². The lowest BCUT2D eigenvalue weighted by atomic mass is 10.1. The van der Waals surface area contributed by atoms with Gasteiger partial charge in [-0.3, -0.25) is 10.8 Å². The van der Waals surface area contributed by atoms with E-state index in [-0.39, 0.29) is 0 Å². The van der Waals surface area contributed by atoms with E-state index in [1.54, 1.807) is 6.20 Å². The summed E-state index contributed by atoms with van der Waals surface area (Å²) in [6.07, 6.45) is 2.99. The summed E-state index contributed by atoms with van der Waals surface area (Å²) in [4.78, 5) is 6.60. The van der Waals surface area contributed by atoms with E-state index in [0.717, 1.165) is 30.4 Å². The Kier molecular flexibility index (Phi) is 5.22. The van der Waals surface area contributed by atoms with Crippen LogP contribution in [0.5, 0.6) is 0 Å². The average Bonchev–Trinajstić information content (AvgIpc) is 2.26. The molecule has 4 heteroatoms. The Morgan fingerprint density at radius 1 is 1.50 bits per heavy atom. The van der Waals surface area contributed by atoms with Gasteiger partial charge in [-0.1, -0.05) is 13.8 Å². The average molecular weight is 222 g/mol. The van der Waals surface area contributed by atoms with Gasteiger partial charge >= 0.3 is 0 Å². The molecule has 0 aliphatic rings. The van der Waals surface area contributed by atoms with Gasteiger partial charge in [0.2, 0.25) is 0 Å². The van der Waals surface area contributed by atoms with Gasteiger partial charge in [-0.2, -0.15) is 0 Å². The summed E-state index contributed by atoms with van der Waals surface area (Å²) in [5.41, 5.74) is 4.58. The van der Waals surface area contributed by atoms with Crippen molar-refractivity contribution < 1.29 is 0 Å². The first-order valence-electron chi connectivity index (χ1n) is 5.72. The molecule has 90 valence electrons. The van der Waals surface area contributed by atoms with Gasteiger partial charge < -0.3 is 10.3 Å². The minimum absolute atomic E-state index is 0.743. The highest BCUT2D eigenvalue weighted by Gasteiger charge is 2.03. The Balaban J connectivity index is 2.45. The second kappa shape index (κ2) is 6.45. The van der Waals surface area contributed by atoms with Crippen LogP contribution in [0.15, 0.2) is 18.3 Å². The third-order valence-corrected chi connectivity index (χ3v) is 2.50. The molecule has 0 fully saturated rings. The molecule has 4 nitrogen and oxygen atoms in total. The van der Waals surface area contributed by atoms with Crippen LogP contribution >= 0.6 is 0 Å². The van der Waals surface area contributed by atoms with E-state index in [1.807, 2.05) is 12.1 Å². The highest BCUT2D eigenvalue weighted by atomic mass is 15.2. The molecule has 1 aromatic rings. The van der Waals surface area contributed by atoms with Gasteiger partial charge in [0, 0.05) is 12.7 Å². The number of pyridine rings is 1. The van der Waals surface area contributed by atoms with Gasteiger partial charge in [-0.05, 0) is 38.1 Å². The molecule has 0 aliphatic heterocycles. The molecule has 1 heterocycles. The van der Waals surface area contributed by atoms with Crippen molar-refractivity contribution in [2.75, 3.05) is 19.0 Å². The molecule has 1 rings (SSSR count). The fourth-order valence-electron chi connectivity index (χ4n) is 1.49. The molecule has 0 amide bonds. The fraction of sp³-hybridized carbons (Fsp3) is 0.583. The summed E-state index contributed by atoms with van der Waals surface area (Å²) in [5, 5.41) is 0. The third kappa shape index (κ3) is 4.59. The van der Waals surface area contributed by atoms with E-state index < -0.39 is 0 Å². The lowest BCUT2D eigenvalue weighted by Gasteiger charge is -2.17. The fourth-order valence-corrected chi connectivity index (χ4v) is 1.49. The summed E-state index contributed by atoms with van der Waals surface area (Å²) in [6.45, 7) is 6.44. The molecule has 0 spiro atoms. The van der Waals surface area contributed by atoms with Crippen LogP contribution in [0.4, 0.5) is 5.69 Å². The maximum absolute atomic E-state index is 5.36. The lowest BCUT2D eigenvalue weighted by molar-refractivity contribution is 0.300. The van der Waals surface area contributed by atoms with E-state index in [4.69, 9.17) is 5.84 Å². The van der Waals surface area contributed by atoms with E-state index in [1.165, 1.54) is 6.42 Å². The number of hydrogen-bond donors (Lipinski definition) is 2.